The molecule has 104 valence electrons. The monoisotopic (exact) mass is 271 g/mol. The summed E-state index contributed by atoms with van der Waals surface area (Å²) in [7, 11) is 0. The van der Waals surface area contributed by atoms with Gasteiger partial charge in [0.1, 0.15) is 0 Å². The smallest absolute Gasteiger partial charge is 0.337 e. The number of rotatable bonds is 2. The zero-order chi connectivity index (χ0) is 15.0. The summed E-state index contributed by atoms with van der Waals surface area (Å²) in [5, 5.41) is 9.33. The van der Waals surface area contributed by atoms with Crippen molar-refractivity contribution in [2.75, 3.05) is 0 Å². The number of aromatic carboxylic acids is 1. The van der Waals surface area contributed by atoms with Crippen molar-refractivity contribution in [3.8, 4) is 5.69 Å². The molecule has 20 heavy (non-hydrogen) atoms. The van der Waals surface area contributed by atoms with E-state index in [9.17, 15) is 14.7 Å². The lowest BCUT2D eigenvalue weighted by Gasteiger charge is -2.18. The average molecular weight is 271 g/mol. The molecule has 0 saturated carbocycles. The third-order valence-corrected chi connectivity index (χ3v) is 3.53. The number of carbonyl (C=O) groups is 1. The average Bonchev–Trinajstić information content (AvgIpc) is 2.31. The van der Waals surface area contributed by atoms with Gasteiger partial charge in [0, 0.05) is 11.8 Å². The van der Waals surface area contributed by atoms with Crippen molar-refractivity contribution in [1.82, 2.24) is 4.57 Å². The fourth-order valence-corrected chi connectivity index (χ4v) is 2.64. The number of pyridine rings is 1. The number of carboxylic acid groups (broad SMARTS) is 1. The molecule has 0 aliphatic rings. The van der Waals surface area contributed by atoms with Crippen molar-refractivity contribution in [2.24, 2.45) is 0 Å². The molecule has 4 nitrogen and oxygen atoms in total. The zero-order valence-corrected chi connectivity index (χ0v) is 12.0. The molecule has 2 aromatic rings. The summed E-state index contributed by atoms with van der Waals surface area (Å²) in [4.78, 5) is 23.7. The molecule has 0 aliphatic heterocycles. The van der Waals surface area contributed by atoms with Crippen molar-refractivity contribution in [2.45, 2.75) is 27.7 Å². The Labute approximate surface area is 117 Å². The Bertz CT molecular complexity index is 737. The van der Waals surface area contributed by atoms with E-state index in [1.54, 1.807) is 13.8 Å². The van der Waals surface area contributed by atoms with E-state index >= 15 is 0 Å². The van der Waals surface area contributed by atoms with E-state index in [1.165, 1.54) is 10.6 Å². The molecule has 1 aromatic carbocycles. The van der Waals surface area contributed by atoms with Gasteiger partial charge >= 0.3 is 5.97 Å². The van der Waals surface area contributed by atoms with Crippen LogP contribution in [-0.2, 0) is 0 Å². The van der Waals surface area contributed by atoms with Gasteiger partial charge in [0.05, 0.1) is 11.3 Å². The summed E-state index contributed by atoms with van der Waals surface area (Å²) >= 11 is 0. The van der Waals surface area contributed by atoms with E-state index in [2.05, 4.69) is 0 Å². The maximum atomic E-state index is 12.3. The Morgan fingerprint density at radius 3 is 2.10 bits per heavy atom. The molecular weight excluding hydrogens is 254 g/mol. The molecule has 2 rings (SSSR count). The molecule has 0 spiro atoms. The van der Waals surface area contributed by atoms with Gasteiger partial charge in [-0.2, -0.15) is 0 Å². The summed E-state index contributed by atoms with van der Waals surface area (Å²) < 4.78 is 1.49. The highest BCUT2D eigenvalue weighted by Crippen LogP contribution is 2.21. The largest absolute Gasteiger partial charge is 0.478 e. The highest BCUT2D eigenvalue weighted by Gasteiger charge is 2.18. The van der Waals surface area contributed by atoms with Crippen molar-refractivity contribution in [3.63, 3.8) is 0 Å². The minimum atomic E-state index is -1.01. The normalized spacial score (nSPS) is 10.6. The van der Waals surface area contributed by atoms with Crippen LogP contribution in [0.1, 0.15) is 32.7 Å². The maximum Gasteiger partial charge on any atom is 0.337 e. The second kappa shape index (κ2) is 4.96. The lowest BCUT2D eigenvalue weighted by molar-refractivity contribution is 0.0694. The fourth-order valence-electron chi connectivity index (χ4n) is 2.64. The maximum absolute atomic E-state index is 12.3. The second-order valence-electron chi connectivity index (χ2n) is 5.01. The highest BCUT2D eigenvalue weighted by atomic mass is 16.4. The van der Waals surface area contributed by atoms with Crippen LogP contribution in [-0.4, -0.2) is 15.6 Å². The first kappa shape index (κ1) is 14.1. The van der Waals surface area contributed by atoms with Gasteiger partial charge in [-0.3, -0.25) is 9.36 Å². The van der Waals surface area contributed by atoms with Crippen LogP contribution in [0.3, 0.4) is 0 Å². The van der Waals surface area contributed by atoms with Gasteiger partial charge < -0.3 is 5.11 Å². The Balaban J connectivity index is 2.92. The van der Waals surface area contributed by atoms with E-state index in [-0.39, 0.29) is 11.1 Å². The van der Waals surface area contributed by atoms with Crippen molar-refractivity contribution >= 4 is 5.97 Å². The van der Waals surface area contributed by atoms with Crippen molar-refractivity contribution in [3.05, 3.63) is 62.6 Å². The second-order valence-corrected chi connectivity index (χ2v) is 5.01. The number of aromatic nitrogens is 1. The van der Waals surface area contributed by atoms with Crippen molar-refractivity contribution in [1.29, 1.82) is 0 Å². The molecule has 0 atom stereocenters. The number of carboxylic acids is 1. The minimum absolute atomic E-state index is 0.187. The number of nitrogens with zero attached hydrogens (tertiary/aromatic N) is 1. The third-order valence-electron chi connectivity index (χ3n) is 3.53. The van der Waals surface area contributed by atoms with Crippen LogP contribution in [0.25, 0.3) is 5.69 Å². The number of aryl methyl sites for hydroxylation is 3. The lowest BCUT2D eigenvalue weighted by Crippen LogP contribution is -2.25. The molecule has 0 saturated heterocycles. The van der Waals surface area contributed by atoms with Gasteiger partial charge in [0.2, 0.25) is 0 Å². The Kier molecular flexibility index (Phi) is 3.49. The van der Waals surface area contributed by atoms with E-state index in [0.717, 1.165) is 16.8 Å². The van der Waals surface area contributed by atoms with Gasteiger partial charge in [-0.25, -0.2) is 4.79 Å². The minimum Gasteiger partial charge on any atom is -0.478 e. The highest BCUT2D eigenvalue weighted by molar-refractivity contribution is 5.90. The van der Waals surface area contributed by atoms with Crippen LogP contribution in [0.4, 0.5) is 0 Å². The first-order valence-electron chi connectivity index (χ1n) is 6.37. The number of hydrogen-bond acceptors (Lipinski definition) is 2. The van der Waals surface area contributed by atoms with Crippen LogP contribution in [0, 0.1) is 27.7 Å². The molecule has 0 aliphatic carbocycles. The Morgan fingerprint density at radius 2 is 1.60 bits per heavy atom. The molecule has 1 heterocycles. The molecule has 0 bridgehead atoms. The molecular formula is C16H17NO3. The molecule has 0 fully saturated rings. The summed E-state index contributed by atoms with van der Waals surface area (Å²) in [6, 6.07) is 7.12. The first-order chi connectivity index (χ1) is 9.34. The third kappa shape index (κ3) is 2.13. The molecule has 0 unspecified atom stereocenters. The topological polar surface area (TPSA) is 59.3 Å². The van der Waals surface area contributed by atoms with Crippen molar-refractivity contribution < 1.29 is 9.90 Å². The van der Waals surface area contributed by atoms with Gasteiger partial charge in [-0.15, -0.1) is 0 Å². The SMILES string of the molecule is Cc1cc(=O)n(-c2c(C)cccc2C)c(C)c1C(=O)O. The van der Waals surface area contributed by atoms with Crippen LogP contribution in [0.5, 0.6) is 0 Å². The van der Waals surface area contributed by atoms with E-state index < -0.39 is 5.97 Å². The van der Waals surface area contributed by atoms with Gasteiger partial charge in [-0.05, 0) is 44.4 Å². The van der Waals surface area contributed by atoms with Gasteiger partial charge in [0.25, 0.3) is 5.56 Å². The van der Waals surface area contributed by atoms with E-state index in [1.807, 2.05) is 32.0 Å². The standard InChI is InChI=1S/C16H17NO3/c1-9-6-5-7-10(2)15(9)17-12(4)14(16(19)20)11(3)8-13(17)18/h5-8H,1-4H3,(H,19,20). The summed E-state index contributed by atoms with van der Waals surface area (Å²) in [5.41, 5.74) is 3.57. The van der Waals surface area contributed by atoms with Gasteiger partial charge in [-0.1, -0.05) is 18.2 Å². The van der Waals surface area contributed by atoms with E-state index in [4.69, 9.17) is 0 Å². The molecule has 0 amide bonds. The lowest BCUT2D eigenvalue weighted by atomic mass is 10.0. The summed E-state index contributed by atoms with van der Waals surface area (Å²) in [6.07, 6.45) is 0. The molecule has 1 aromatic heterocycles. The quantitative estimate of drug-likeness (QED) is 0.913. The van der Waals surface area contributed by atoms with Gasteiger partial charge in [0.15, 0.2) is 0 Å². The molecule has 0 radical (unpaired) electrons. The first-order valence-corrected chi connectivity index (χ1v) is 6.37. The van der Waals surface area contributed by atoms with Crippen LogP contribution < -0.4 is 5.56 Å². The predicted molar refractivity (Wildman–Crippen MR) is 77.9 cm³/mol. The zero-order valence-electron chi connectivity index (χ0n) is 12.0. The Morgan fingerprint density at radius 1 is 1.05 bits per heavy atom. The summed E-state index contributed by atoms with van der Waals surface area (Å²) in [5.74, 6) is -1.01. The number of benzene rings is 1. The van der Waals surface area contributed by atoms with Crippen LogP contribution in [0.2, 0.25) is 0 Å². The number of para-hydroxylation sites is 1. The van der Waals surface area contributed by atoms with E-state index in [0.29, 0.717) is 11.3 Å². The molecule has 1 N–H and O–H groups in total. The van der Waals surface area contributed by atoms with Crippen LogP contribution in [0.15, 0.2) is 29.1 Å². The fraction of sp³-hybridized carbons (Fsp3) is 0.250. The number of hydrogen-bond donors (Lipinski definition) is 1. The summed E-state index contributed by atoms with van der Waals surface area (Å²) in [6.45, 7) is 7.14. The predicted octanol–water partition coefficient (Wildman–Crippen LogP) is 2.77. The molecule has 4 heteroatoms. The van der Waals surface area contributed by atoms with Crippen LogP contribution >= 0.6 is 0 Å². The Hall–Kier alpha value is -2.36.